The summed E-state index contributed by atoms with van der Waals surface area (Å²) in [6.07, 6.45) is 0. The van der Waals surface area contributed by atoms with Gasteiger partial charge in [0.2, 0.25) is 0 Å². The highest BCUT2D eigenvalue weighted by molar-refractivity contribution is 8.14. The van der Waals surface area contributed by atoms with Crippen LogP contribution in [0.5, 0.6) is 0 Å². The summed E-state index contributed by atoms with van der Waals surface area (Å²) >= 11 is 5.98. The van der Waals surface area contributed by atoms with E-state index >= 15 is 0 Å². The largest absolute Gasteiger partial charge is 0.300 e. The monoisotopic (exact) mass is 192 g/mol. The summed E-state index contributed by atoms with van der Waals surface area (Å²) in [7, 11) is 1.82. The van der Waals surface area contributed by atoms with E-state index in [1.807, 2.05) is 14.0 Å². The molecule has 0 spiro atoms. The summed E-state index contributed by atoms with van der Waals surface area (Å²) in [4.78, 5) is 4.13. The summed E-state index contributed by atoms with van der Waals surface area (Å²) in [5.41, 5.74) is 0. The van der Waals surface area contributed by atoms with Gasteiger partial charge in [-0.25, -0.2) is 0 Å². The molecule has 1 atom stereocenters. The van der Waals surface area contributed by atoms with Crippen LogP contribution >= 0.6 is 24.4 Å². The van der Waals surface area contributed by atoms with Crippen molar-refractivity contribution in [2.75, 3.05) is 19.3 Å². The Kier molecular flexibility index (Phi) is 7.22. The van der Waals surface area contributed by atoms with Crippen molar-refractivity contribution in [2.24, 2.45) is 4.99 Å². The van der Waals surface area contributed by atoms with E-state index in [4.69, 9.17) is 0 Å². The number of aliphatic imine (C=N–C) groups is 1. The third-order valence-corrected chi connectivity index (χ3v) is 2.24. The molecule has 0 saturated heterocycles. The highest BCUT2D eigenvalue weighted by Crippen LogP contribution is 2.02. The van der Waals surface area contributed by atoms with Gasteiger partial charge in [-0.15, -0.1) is 11.8 Å². The Balaban J connectivity index is 3.53. The van der Waals surface area contributed by atoms with Gasteiger partial charge in [0.05, 0.1) is 5.04 Å². The lowest BCUT2D eigenvalue weighted by molar-refractivity contribution is 0.775. The van der Waals surface area contributed by atoms with Gasteiger partial charge in [-0.2, -0.15) is 12.6 Å². The van der Waals surface area contributed by atoms with Gasteiger partial charge in [-0.3, -0.25) is 10.3 Å². The Bertz CT molecular complexity index is 124. The van der Waals surface area contributed by atoms with Gasteiger partial charge in [0.15, 0.2) is 0 Å². The van der Waals surface area contributed by atoms with Crippen molar-refractivity contribution in [3.63, 3.8) is 0 Å². The van der Waals surface area contributed by atoms with Crippen LogP contribution in [0.15, 0.2) is 4.99 Å². The van der Waals surface area contributed by atoms with Crippen LogP contribution in [0.4, 0.5) is 0 Å². The van der Waals surface area contributed by atoms with Crippen molar-refractivity contribution in [3.8, 4) is 0 Å². The van der Waals surface area contributed by atoms with Crippen LogP contribution in [0.25, 0.3) is 0 Å². The summed E-state index contributed by atoms with van der Waals surface area (Å²) in [6.45, 7) is 4.96. The average Bonchev–Trinajstić information content (AvgIpc) is 1.97. The molecule has 0 rings (SSSR count). The van der Waals surface area contributed by atoms with E-state index in [2.05, 4.69) is 29.9 Å². The Hall–Kier alpha value is 0.330. The van der Waals surface area contributed by atoms with E-state index in [1.165, 1.54) is 0 Å². The third-order valence-electron chi connectivity index (χ3n) is 1.11. The predicted molar refractivity (Wildman–Crippen MR) is 57.9 cm³/mol. The van der Waals surface area contributed by atoms with E-state index in [9.17, 15) is 0 Å². The molecule has 0 bridgehead atoms. The summed E-state index contributed by atoms with van der Waals surface area (Å²) in [6, 6.07) is 0. The first kappa shape index (κ1) is 11.3. The third kappa shape index (κ3) is 6.72. The second-order valence-electron chi connectivity index (χ2n) is 2.11. The van der Waals surface area contributed by atoms with Crippen molar-refractivity contribution in [1.82, 2.24) is 5.32 Å². The van der Waals surface area contributed by atoms with Gasteiger partial charge in [-0.1, -0.05) is 6.92 Å². The van der Waals surface area contributed by atoms with Crippen LogP contribution in [-0.4, -0.2) is 29.8 Å². The minimum Gasteiger partial charge on any atom is -0.300 e. The molecule has 66 valence electrons. The van der Waals surface area contributed by atoms with E-state index in [-0.39, 0.29) is 5.37 Å². The molecule has 0 aromatic rings. The standard InChI is InChI=1S/C7H16N2S2/c1-4-11-7(8-3)5-9-6(2)10/h6,9-10H,4-5H2,1-3H3/b8-7-. The van der Waals surface area contributed by atoms with Crippen molar-refractivity contribution in [3.05, 3.63) is 0 Å². The molecule has 1 unspecified atom stereocenters. The summed E-state index contributed by atoms with van der Waals surface area (Å²) in [5, 5.41) is 4.58. The Morgan fingerprint density at radius 1 is 1.73 bits per heavy atom. The van der Waals surface area contributed by atoms with Gasteiger partial charge in [0, 0.05) is 19.0 Å². The first-order valence-corrected chi connectivity index (χ1v) is 5.20. The molecular formula is C7H16N2S2. The quantitative estimate of drug-likeness (QED) is 0.306. The topological polar surface area (TPSA) is 24.4 Å². The maximum absolute atomic E-state index is 4.20. The maximum atomic E-state index is 4.20. The van der Waals surface area contributed by atoms with E-state index in [0.717, 1.165) is 17.3 Å². The van der Waals surface area contributed by atoms with E-state index < -0.39 is 0 Å². The Morgan fingerprint density at radius 3 is 2.73 bits per heavy atom. The average molecular weight is 192 g/mol. The zero-order chi connectivity index (χ0) is 8.69. The Morgan fingerprint density at radius 2 is 2.36 bits per heavy atom. The fourth-order valence-corrected chi connectivity index (χ4v) is 1.34. The van der Waals surface area contributed by atoms with Crippen LogP contribution in [0.1, 0.15) is 13.8 Å². The molecule has 11 heavy (non-hydrogen) atoms. The highest BCUT2D eigenvalue weighted by Gasteiger charge is 1.98. The van der Waals surface area contributed by atoms with E-state index in [0.29, 0.717) is 0 Å². The van der Waals surface area contributed by atoms with Crippen molar-refractivity contribution < 1.29 is 0 Å². The molecule has 0 aromatic carbocycles. The van der Waals surface area contributed by atoms with Crippen LogP contribution in [0.2, 0.25) is 0 Å². The number of hydrogen-bond acceptors (Lipinski definition) is 4. The molecule has 0 saturated carbocycles. The number of thioether (sulfide) groups is 1. The van der Waals surface area contributed by atoms with Gasteiger partial charge in [0.1, 0.15) is 0 Å². The second kappa shape index (κ2) is 7.00. The second-order valence-corrected chi connectivity index (χ2v) is 4.22. The van der Waals surface area contributed by atoms with Crippen molar-refractivity contribution in [1.29, 1.82) is 0 Å². The maximum Gasteiger partial charge on any atom is 0.0811 e. The predicted octanol–water partition coefficient (Wildman–Crippen LogP) is 1.63. The van der Waals surface area contributed by atoms with E-state index in [1.54, 1.807) is 11.8 Å². The number of hydrogen-bond donors (Lipinski definition) is 2. The number of nitrogens with zero attached hydrogens (tertiary/aromatic N) is 1. The lowest BCUT2D eigenvalue weighted by Crippen LogP contribution is -2.26. The molecule has 2 nitrogen and oxygen atoms in total. The summed E-state index contributed by atoms with van der Waals surface area (Å²) < 4.78 is 0. The van der Waals surface area contributed by atoms with Gasteiger partial charge in [0.25, 0.3) is 0 Å². The summed E-state index contributed by atoms with van der Waals surface area (Å²) in [5.74, 6) is 1.08. The van der Waals surface area contributed by atoms with Crippen LogP contribution < -0.4 is 5.32 Å². The molecule has 1 N–H and O–H groups in total. The zero-order valence-electron chi connectivity index (χ0n) is 7.29. The minimum atomic E-state index is 0.240. The van der Waals surface area contributed by atoms with Crippen molar-refractivity contribution in [2.45, 2.75) is 19.2 Å². The van der Waals surface area contributed by atoms with Crippen LogP contribution in [0.3, 0.4) is 0 Å². The molecule has 0 aliphatic rings. The zero-order valence-corrected chi connectivity index (χ0v) is 9.01. The number of thiol groups is 1. The molecule has 0 radical (unpaired) electrons. The van der Waals surface area contributed by atoms with Crippen LogP contribution in [-0.2, 0) is 0 Å². The first-order chi connectivity index (χ1) is 5.20. The first-order valence-electron chi connectivity index (χ1n) is 3.70. The van der Waals surface area contributed by atoms with Crippen molar-refractivity contribution >= 4 is 29.4 Å². The molecule has 0 amide bonds. The highest BCUT2D eigenvalue weighted by atomic mass is 32.2. The molecule has 0 heterocycles. The molecule has 0 aromatic heterocycles. The minimum absolute atomic E-state index is 0.240. The lowest BCUT2D eigenvalue weighted by Gasteiger charge is -2.07. The van der Waals surface area contributed by atoms with Gasteiger partial charge in [-0.05, 0) is 12.7 Å². The molecule has 0 fully saturated rings. The van der Waals surface area contributed by atoms with Crippen LogP contribution in [0, 0.1) is 0 Å². The molecule has 0 aliphatic carbocycles. The van der Waals surface area contributed by atoms with Gasteiger partial charge >= 0.3 is 0 Å². The van der Waals surface area contributed by atoms with Gasteiger partial charge < -0.3 is 0 Å². The number of nitrogens with one attached hydrogen (secondary N) is 1. The number of rotatable bonds is 4. The molecular weight excluding hydrogens is 176 g/mol. The normalized spacial score (nSPS) is 15.1. The fourth-order valence-electron chi connectivity index (χ4n) is 0.596. The lowest BCUT2D eigenvalue weighted by atomic mass is 10.6. The fraction of sp³-hybridized carbons (Fsp3) is 0.857. The Labute approximate surface area is 78.7 Å². The molecule has 4 heteroatoms. The SMILES string of the molecule is CCS/C(CNC(C)S)=N\C. The molecule has 0 aliphatic heterocycles. The smallest absolute Gasteiger partial charge is 0.0811 e.